The van der Waals surface area contributed by atoms with E-state index in [0.717, 1.165) is 24.7 Å². The van der Waals surface area contributed by atoms with Gasteiger partial charge in [-0.1, -0.05) is 43.7 Å². The first-order valence-corrected chi connectivity index (χ1v) is 8.90. The van der Waals surface area contributed by atoms with Crippen molar-refractivity contribution in [2.75, 3.05) is 13.1 Å². The maximum atomic E-state index is 3.69. The summed E-state index contributed by atoms with van der Waals surface area (Å²) in [6.07, 6.45) is 9.57. The van der Waals surface area contributed by atoms with Crippen LogP contribution in [0, 0.1) is 0 Å². The molecule has 2 fully saturated rings. The minimum atomic E-state index is 0.774. The lowest BCUT2D eigenvalue weighted by atomic mass is 9.81. The van der Waals surface area contributed by atoms with Crippen molar-refractivity contribution < 1.29 is 0 Å². The van der Waals surface area contributed by atoms with Crippen molar-refractivity contribution in [2.24, 2.45) is 0 Å². The molecule has 2 heterocycles. The van der Waals surface area contributed by atoms with Gasteiger partial charge in [-0.25, -0.2) is 0 Å². The SMILES string of the molecule is CCNC1CC2CCCC(C1)N2CCCc1ccccc1. The summed E-state index contributed by atoms with van der Waals surface area (Å²) in [5.41, 5.74) is 1.49. The fourth-order valence-electron chi connectivity index (χ4n) is 4.41. The van der Waals surface area contributed by atoms with Gasteiger partial charge in [0.1, 0.15) is 0 Å². The van der Waals surface area contributed by atoms with Crippen LogP contribution in [0.25, 0.3) is 0 Å². The normalized spacial score (nSPS) is 29.5. The van der Waals surface area contributed by atoms with E-state index in [-0.39, 0.29) is 0 Å². The van der Waals surface area contributed by atoms with E-state index >= 15 is 0 Å². The van der Waals surface area contributed by atoms with E-state index in [1.54, 1.807) is 0 Å². The van der Waals surface area contributed by atoms with Crippen LogP contribution in [0.15, 0.2) is 30.3 Å². The van der Waals surface area contributed by atoms with Crippen molar-refractivity contribution in [3.05, 3.63) is 35.9 Å². The Morgan fingerprint density at radius 3 is 2.48 bits per heavy atom. The minimum Gasteiger partial charge on any atom is -0.314 e. The number of nitrogens with one attached hydrogen (secondary N) is 1. The molecule has 2 saturated heterocycles. The summed E-state index contributed by atoms with van der Waals surface area (Å²) in [4.78, 5) is 2.85. The highest BCUT2D eigenvalue weighted by molar-refractivity contribution is 5.14. The fourth-order valence-corrected chi connectivity index (χ4v) is 4.41. The van der Waals surface area contributed by atoms with Crippen LogP contribution in [0.3, 0.4) is 0 Å². The maximum Gasteiger partial charge on any atom is 0.0113 e. The number of fused-ring (bicyclic) bond motifs is 2. The van der Waals surface area contributed by atoms with Crippen molar-refractivity contribution in [1.82, 2.24) is 10.2 Å². The van der Waals surface area contributed by atoms with E-state index < -0.39 is 0 Å². The fraction of sp³-hybridized carbons (Fsp3) is 0.684. The van der Waals surface area contributed by atoms with Crippen LogP contribution >= 0.6 is 0 Å². The first-order valence-electron chi connectivity index (χ1n) is 8.90. The molecule has 2 nitrogen and oxygen atoms in total. The zero-order valence-electron chi connectivity index (χ0n) is 13.4. The first-order chi connectivity index (χ1) is 10.4. The van der Waals surface area contributed by atoms with Crippen molar-refractivity contribution in [3.63, 3.8) is 0 Å². The molecule has 2 heteroatoms. The molecule has 116 valence electrons. The highest BCUT2D eigenvalue weighted by atomic mass is 15.2. The van der Waals surface area contributed by atoms with Gasteiger partial charge in [-0.05, 0) is 57.2 Å². The molecule has 1 aromatic rings. The Morgan fingerprint density at radius 1 is 1.10 bits per heavy atom. The van der Waals surface area contributed by atoms with Crippen LogP contribution in [-0.2, 0) is 6.42 Å². The molecular formula is C19H30N2. The summed E-state index contributed by atoms with van der Waals surface area (Å²) in [5, 5.41) is 3.69. The van der Waals surface area contributed by atoms with Crippen LogP contribution < -0.4 is 5.32 Å². The number of hydrogen-bond acceptors (Lipinski definition) is 2. The van der Waals surface area contributed by atoms with Crippen molar-refractivity contribution in [1.29, 1.82) is 0 Å². The standard InChI is InChI=1S/C19H30N2/c1-2-20-17-14-18-11-6-12-19(15-17)21(18)13-7-10-16-8-4-3-5-9-16/h3-5,8-9,17-20H,2,6-7,10-15H2,1H3. The molecule has 2 aliphatic heterocycles. The van der Waals surface area contributed by atoms with Gasteiger partial charge in [0.15, 0.2) is 0 Å². The number of rotatable bonds is 6. The Kier molecular flexibility index (Phi) is 5.32. The summed E-state index contributed by atoms with van der Waals surface area (Å²) in [6.45, 7) is 4.66. The third-order valence-electron chi connectivity index (χ3n) is 5.34. The van der Waals surface area contributed by atoms with Crippen molar-refractivity contribution in [2.45, 2.75) is 70.0 Å². The second-order valence-electron chi connectivity index (χ2n) is 6.79. The lowest BCUT2D eigenvalue weighted by molar-refractivity contribution is 0.0242. The molecule has 0 saturated carbocycles. The molecule has 1 aromatic carbocycles. The molecule has 2 atom stereocenters. The third-order valence-corrected chi connectivity index (χ3v) is 5.34. The number of hydrogen-bond donors (Lipinski definition) is 1. The summed E-state index contributed by atoms with van der Waals surface area (Å²) in [6, 6.07) is 13.4. The van der Waals surface area contributed by atoms with Gasteiger partial charge in [0.05, 0.1) is 0 Å². The molecule has 0 aromatic heterocycles. The minimum absolute atomic E-state index is 0.774. The predicted octanol–water partition coefficient (Wildman–Crippen LogP) is 3.61. The van der Waals surface area contributed by atoms with Gasteiger partial charge in [-0.2, -0.15) is 0 Å². The largest absolute Gasteiger partial charge is 0.314 e. The molecule has 2 aliphatic rings. The van der Waals surface area contributed by atoms with Crippen molar-refractivity contribution >= 4 is 0 Å². The second kappa shape index (κ2) is 7.42. The van der Waals surface area contributed by atoms with E-state index in [9.17, 15) is 0 Å². The topological polar surface area (TPSA) is 15.3 Å². The van der Waals surface area contributed by atoms with Crippen LogP contribution in [-0.4, -0.2) is 36.1 Å². The smallest absolute Gasteiger partial charge is 0.0113 e. The molecule has 2 unspecified atom stereocenters. The van der Waals surface area contributed by atoms with Gasteiger partial charge in [0, 0.05) is 18.1 Å². The molecule has 0 radical (unpaired) electrons. The van der Waals surface area contributed by atoms with E-state index in [2.05, 4.69) is 47.5 Å². The van der Waals surface area contributed by atoms with Crippen molar-refractivity contribution in [3.8, 4) is 0 Å². The van der Waals surface area contributed by atoms with E-state index in [1.807, 2.05) is 0 Å². The molecule has 21 heavy (non-hydrogen) atoms. The van der Waals surface area contributed by atoms with Gasteiger partial charge >= 0.3 is 0 Å². The molecule has 0 spiro atoms. The highest BCUT2D eigenvalue weighted by Gasteiger charge is 2.37. The lowest BCUT2D eigenvalue weighted by Gasteiger charge is -2.49. The third kappa shape index (κ3) is 3.87. The Bertz CT molecular complexity index is 403. The van der Waals surface area contributed by atoms with Crippen LogP contribution in [0.1, 0.15) is 51.0 Å². The van der Waals surface area contributed by atoms with Crippen LogP contribution in [0.4, 0.5) is 0 Å². The number of nitrogens with zero attached hydrogens (tertiary/aromatic N) is 1. The summed E-state index contributed by atoms with van der Waals surface area (Å²) in [7, 11) is 0. The number of aryl methyl sites for hydroxylation is 1. The van der Waals surface area contributed by atoms with E-state index in [1.165, 1.54) is 57.1 Å². The van der Waals surface area contributed by atoms with E-state index in [4.69, 9.17) is 0 Å². The average molecular weight is 286 g/mol. The molecule has 3 rings (SSSR count). The van der Waals surface area contributed by atoms with Gasteiger partial charge in [0.2, 0.25) is 0 Å². The van der Waals surface area contributed by atoms with Crippen LogP contribution in [0.2, 0.25) is 0 Å². The van der Waals surface area contributed by atoms with E-state index in [0.29, 0.717) is 0 Å². The Labute approximate surface area is 129 Å². The Morgan fingerprint density at radius 2 is 1.81 bits per heavy atom. The Hall–Kier alpha value is -0.860. The number of piperidine rings is 2. The molecule has 1 N–H and O–H groups in total. The summed E-state index contributed by atoms with van der Waals surface area (Å²) < 4.78 is 0. The quantitative estimate of drug-likeness (QED) is 0.859. The summed E-state index contributed by atoms with van der Waals surface area (Å²) in [5.74, 6) is 0. The maximum absolute atomic E-state index is 3.69. The van der Waals surface area contributed by atoms with Gasteiger partial charge in [0.25, 0.3) is 0 Å². The number of benzene rings is 1. The molecule has 2 bridgehead atoms. The van der Waals surface area contributed by atoms with Gasteiger partial charge in [-0.3, -0.25) is 4.90 Å². The highest BCUT2D eigenvalue weighted by Crippen LogP contribution is 2.34. The molecule has 0 aliphatic carbocycles. The monoisotopic (exact) mass is 286 g/mol. The first kappa shape index (κ1) is 15.1. The van der Waals surface area contributed by atoms with Crippen LogP contribution in [0.5, 0.6) is 0 Å². The second-order valence-corrected chi connectivity index (χ2v) is 6.79. The molecular weight excluding hydrogens is 256 g/mol. The average Bonchev–Trinajstić information content (AvgIpc) is 2.49. The lowest BCUT2D eigenvalue weighted by Crippen LogP contribution is -2.56. The molecule has 0 amide bonds. The van der Waals surface area contributed by atoms with Gasteiger partial charge in [-0.15, -0.1) is 0 Å². The zero-order chi connectivity index (χ0) is 14.5. The van der Waals surface area contributed by atoms with Gasteiger partial charge < -0.3 is 5.32 Å². The zero-order valence-corrected chi connectivity index (χ0v) is 13.4. The predicted molar refractivity (Wildman–Crippen MR) is 89.6 cm³/mol. The Balaban J connectivity index is 1.51. The summed E-state index contributed by atoms with van der Waals surface area (Å²) >= 11 is 0.